The van der Waals surface area contributed by atoms with Gasteiger partial charge in [-0.15, -0.1) is 21.5 Å². The summed E-state index contributed by atoms with van der Waals surface area (Å²) < 4.78 is 1.82. The second-order valence-electron chi connectivity index (χ2n) is 7.91. The average molecular weight is 472 g/mol. The highest BCUT2D eigenvalue weighted by Gasteiger charge is 2.34. The van der Waals surface area contributed by atoms with Gasteiger partial charge in [0.05, 0.1) is 12.1 Å². The number of rotatable bonds is 5. The molecule has 2 N–H and O–H groups in total. The van der Waals surface area contributed by atoms with Crippen molar-refractivity contribution in [3.63, 3.8) is 0 Å². The number of aromatic nitrogens is 3. The van der Waals surface area contributed by atoms with Gasteiger partial charge in [-0.25, -0.2) is 4.79 Å². The summed E-state index contributed by atoms with van der Waals surface area (Å²) in [6.07, 6.45) is 0.0905. The van der Waals surface area contributed by atoms with Gasteiger partial charge in [0.25, 0.3) is 0 Å². The fourth-order valence-corrected chi connectivity index (χ4v) is 5.11. The lowest BCUT2D eigenvalue weighted by Gasteiger charge is -2.14. The van der Waals surface area contributed by atoms with Crippen LogP contribution < -0.4 is 5.32 Å². The van der Waals surface area contributed by atoms with E-state index in [9.17, 15) is 14.7 Å². The van der Waals surface area contributed by atoms with Gasteiger partial charge >= 0.3 is 5.97 Å². The van der Waals surface area contributed by atoms with E-state index in [0.717, 1.165) is 16.9 Å². The Morgan fingerprint density at radius 3 is 2.53 bits per heavy atom. The highest BCUT2D eigenvalue weighted by molar-refractivity contribution is 7.17. The number of nitrogens with one attached hydrogen (secondary N) is 1. The maximum absolute atomic E-state index is 12.6. The molecule has 32 heavy (non-hydrogen) atoms. The molecule has 2 aromatic heterocycles. The fourth-order valence-electron chi connectivity index (χ4n) is 3.78. The molecule has 0 fully saturated rings. The maximum Gasteiger partial charge on any atom is 0.346 e. The van der Waals surface area contributed by atoms with Crippen LogP contribution in [0.2, 0.25) is 5.02 Å². The van der Waals surface area contributed by atoms with E-state index in [2.05, 4.69) is 15.5 Å². The van der Waals surface area contributed by atoms with E-state index in [0.29, 0.717) is 38.5 Å². The summed E-state index contributed by atoms with van der Waals surface area (Å²) in [6, 6.07) is 6.60. The molecule has 0 bridgehead atoms. The van der Waals surface area contributed by atoms with Gasteiger partial charge in [-0.1, -0.05) is 23.7 Å². The second kappa shape index (κ2) is 8.48. The Kier molecular flexibility index (Phi) is 5.87. The molecule has 0 unspecified atom stereocenters. The summed E-state index contributed by atoms with van der Waals surface area (Å²) in [5.41, 5.74) is 2.69. The number of aryl methyl sites for hydroxylation is 1. The van der Waals surface area contributed by atoms with Gasteiger partial charge < -0.3 is 10.4 Å². The summed E-state index contributed by atoms with van der Waals surface area (Å²) in [5.74, 6) is -0.0492. The third kappa shape index (κ3) is 3.93. The van der Waals surface area contributed by atoms with Crippen molar-refractivity contribution in [2.24, 2.45) is 4.99 Å². The van der Waals surface area contributed by atoms with Crippen molar-refractivity contribution in [3.8, 4) is 5.00 Å². The van der Waals surface area contributed by atoms with Gasteiger partial charge in [0.1, 0.15) is 21.7 Å². The van der Waals surface area contributed by atoms with Crippen molar-refractivity contribution in [2.45, 2.75) is 46.2 Å². The lowest BCUT2D eigenvalue weighted by Crippen LogP contribution is -2.31. The number of fused-ring (bicyclic) bond motifs is 3. The number of carboxylic acids is 1. The SMILES string of the molecule is Cc1c(C(=O)O)sc2c1C(c1ccc(Cl)cc1)=N[C@@H](CC(=O)NC(C)C)c1nnc(C)n1-2. The Morgan fingerprint density at radius 2 is 1.91 bits per heavy atom. The molecular weight excluding hydrogens is 450 g/mol. The molecule has 3 aromatic rings. The number of carbonyl (C=O) groups excluding carboxylic acids is 1. The number of hydrogen-bond donors (Lipinski definition) is 2. The first-order valence-electron chi connectivity index (χ1n) is 10.1. The fraction of sp³-hybridized carbons (Fsp3) is 0.318. The van der Waals surface area contributed by atoms with Crippen molar-refractivity contribution in [3.05, 3.63) is 62.5 Å². The van der Waals surface area contributed by atoms with E-state index in [4.69, 9.17) is 16.6 Å². The van der Waals surface area contributed by atoms with E-state index in [-0.39, 0.29) is 23.2 Å². The Balaban J connectivity index is 1.97. The predicted octanol–water partition coefficient (Wildman–Crippen LogP) is 4.10. The number of carboxylic acid groups (broad SMARTS) is 1. The van der Waals surface area contributed by atoms with E-state index in [1.807, 2.05) is 30.5 Å². The quantitative estimate of drug-likeness (QED) is 0.582. The number of benzene rings is 1. The van der Waals surface area contributed by atoms with E-state index in [1.165, 1.54) is 0 Å². The molecule has 8 nitrogen and oxygen atoms in total. The summed E-state index contributed by atoms with van der Waals surface area (Å²) in [5, 5.41) is 22.4. The molecule has 166 valence electrons. The Hall–Kier alpha value is -3.04. The third-order valence-corrected chi connectivity index (χ3v) is 6.66. The summed E-state index contributed by atoms with van der Waals surface area (Å²) in [4.78, 5) is 29.7. The molecule has 1 atom stereocenters. The summed E-state index contributed by atoms with van der Waals surface area (Å²) in [7, 11) is 0. The molecule has 3 heterocycles. The van der Waals surface area contributed by atoms with Crippen LogP contribution in [0.4, 0.5) is 0 Å². The number of thiophene rings is 1. The van der Waals surface area contributed by atoms with Crippen LogP contribution in [-0.2, 0) is 4.79 Å². The standard InChI is InChI=1S/C22H22ClN5O3S/c1-10(2)24-16(29)9-15-20-27-26-12(4)28(20)21-17(11(3)19(32-21)22(30)31)18(25-15)13-5-7-14(23)8-6-13/h5-8,10,15H,9H2,1-4H3,(H,24,29)(H,30,31)/t15-/m0/s1. The van der Waals surface area contributed by atoms with Gasteiger partial charge in [0.2, 0.25) is 5.91 Å². The largest absolute Gasteiger partial charge is 0.477 e. The second-order valence-corrected chi connectivity index (χ2v) is 9.34. The zero-order chi connectivity index (χ0) is 23.2. The molecule has 1 aliphatic rings. The predicted molar refractivity (Wildman–Crippen MR) is 123 cm³/mol. The highest BCUT2D eigenvalue weighted by Crippen LogP contribution is 2.39. The van der Waals surface area contributed by atoms with Gasteiger partial charge in [-0.05, 0) is 45.4 Å². The molecule has 4 rings (SSSR count). The van der Waals surface area contributed by atoms with Crippen LogP contribution in [0.25, 0.3) is 5.00 Å². The highest BCUT2D eigenvalue weighted by atomic mass is 35.5. The number of carbonyl (C=O) groups is 2. The van der Waals surface area contributed by atoms with Crippen molar-refractivity contribution < 1.29 is 14.7 Å². The van der Waals surface area contributed by atoms with Crippen molar-refractivity contribution in [1.82, 2.24) is 20.1 Å². The van der Waals surface area contributed by atoms with Crippen molar-refractivity contribution >= 4 is 40.5 Å². The van der Waals surface area contributed by atoms with E-state index >= 15 is 0 Å². The smallest absolute Gasteiger partial charge is 0.346 e. The van der Waals surface area contributed by atoms with Gasteiger partial charge in [0.15, 0.2) is 5.82 Å². The molecule has 0 aliphatic carbocycles. The van der Waals surface area contributed by atoms with E-state index in [1.54, 1.807) is 26.0 Å². The molecular formula is C22H22ClN5O3S. The Morgan fingerprint density at radius 1 is 1.22 bits per heavy atom. The lowest BCUT2D eigenvalue weighted by molar-refractivity contribution is -0.121. The first-order chi connectivity index (χ1) is 15.2. The van der Waals surface area contributed by atoms with Crippen molar-refractivity contribution in [1.29, 1.82) is 0 Å². The number of aromatic carboxylic acids is 1. The van der Waals surface area contributed by atoms with Gasteiger partial charge in [0, 0.05) is 22.2 Å². The Bertz CT molecular complexity index is 1240. The number of amides is 1. The van der Waals surface area contributed by atoms with Crippen LogP contribution in [0.3, 0.4) is 0 Å². The Labute approximate surface area is 194 Å². The minimum atomic E-state index is -1.00. The van der Waals surface area contributed by atoms with Crippen LogP contribution in [0, 0.1) is 13.8 Å². The zero-order valence-corrected chi connectivity index (χ0v) is 19.6. The monoisotopic (exact) mass is 471 g/mol. The molecule has 1 aromatic carbocycles. The van der Waals surface area contributed by atoms with Gasteiger partial charge in [-0.3, -0.25) is 14.4 Å². The molecule has 0 saturated carbocycles. The summed E-state index contributed by atoms with van der Waals surface area (Å²) in [6.45, 7) is 7.37. The first kappa shape index (κ1) is 22.2. The minimum absolute atomic E-state index is 0.00501. The van der Waals surface area contributed by atoms with Crippen LogP contribution >= 0.6 is 22.9 Å². The summed E-state index contributed by atoms with van der Waals surface area (Å²) >= 11 is 7.25. The van der Waals surface area contributed by atoms with Crippen LogP contribution in [-0.4, -0.2) is 43.5 Å². The third-order valence-electron chi connectivity index (χ3n) is 5.14. The number of nitrogens with zero attached hydrogens (tertiary/aromatic N) is 4. The average Bonchev–Trinajstić information content (AvgIpc) is 3.21. The lowest BCUT2D eigenvalue weighted by atomic mass is 9.99. The van der Waals surface area contributed by atoms with Crippen LogP contribution in [0.5, 0.6) is 0 Å². The zero-order valence-electron chi connectivity index (χ0n) is 18.0. The maximum atomic E-state index is 12.6. The topological polar surface area (TPSA) is 109 Å². The molecule has 10 heteroatoms. The van der Waals surface area contributed by atoms with Crippen LogP contribution in [0.1, 0.15) is 64.3 Å². The number of aliphatic imine (C=N–C) groups is 1. The normalized spacial score (nSPS) is 15.1. The van der Waals surface area contributed by atoms with Crippen molar-refractivity contribution in [2.75, 3.05) is 0 Å². The van der Waals surface area contributed by atoms with E-state index < -0.39 is 12.0 Å². The molecule has 1 aliphatic heterocycles. The van der Waals surface area contributed by atoms with Gasteiger partial charge in [-0.2, -0.15) is 0 Å². The van der Waals surface area contributed by atoms with Crippen LogP contribution in [0.15, 0.2) is 29.3 Å². The minimum Gasteiger partial charge on any atom is -0.477 e. The number of halogens is 1. The molecule has 0 radical (unpaired) electrons. The first-order valence-corrected chi connectivity index (χ1v) is 11.3. The molecule has 1 amide bonds. The molecule has 0 saturated heterocycles. The molecule has 0 spiro atoms. The number of hydrogen-bond acceptors (Lipinski definition) is 6.